The van der Waals surface area contributed by atoms with Crippen LogP contribution in [0.15, 0.2) is 79.1 Å². The predicted molar refractivity (Wildman–Crippen MR) is 160 cm³/mol. The summed E-state index contributed by atoms with van der Waals surface area (Å²) in [6, 6.07) is 16.8. The van der Waals surface area contributed by atoms with Gasteiger partial charge in [0, 0.05) is 23.4 Å². The molecule has 0 atom stereocenters. The number of rotatable bonds is 8. The number of ether oxygens (including phenoxy) is 1. The van der Waals surface area contributed by atoms with Crippen molar-refractivity contribution in [2.75, 3.05) is 12.1 Å². The topological polar surface area (TPSA) is 125 Å². The monoisotopic (exact) mass is 634 g/mol. The zero-order valence-electron chi connectivity index (χ0n) is 24.7. The number of aryl methyl sites for hydroxylation is 1. The van der Waals surface area contributed by atoms with E-state index in [9.17, 15) is 31.1 Å². The number of nitrogens with zero attached hydrogens (tertiary/aromatic N) is 3. The van der Waals surface area contributed by atoms with Gasteiger partial charge in [-0.1, -0.05) is 30.3 Å². The number of carbonyl (C=O) groups excluding carboxylic acids is 1. The molecule has 3 aromatic carbocycles. The van der Waals surface area contributed by atoms with Crippen molar-refractivity contribution in [1.82, 2.24) is 9.55 Å². The van der Waals surface area contributed by atoms with Gasteiger partial charge in [0.1, 0.15) is 17.9 Å². The third-order valence-electron chi connectivity index (χ3n) is 6.70. The molecule has 6 N–H and O–H groups in total. The van der Waals surface area contributed by atoms with Crippen molar-refractivity contribution in [2.24, 2.45) is 17.3 Å². The predicted octanol–water partition coefficient (Wildman–Crippen LogP) is 6.45. The second-order valence-corrected chi connectivity index (χ2v) is 10.2. The number of hydrogen-bond donors (Lipinski definition) is 3. The minimum absolute atomic E-state index is 0.0244. The number of benzene rings is 3. The average molecular weight is 635 g/mol. The summed E-state index contributed by atoms with van der Waals surface area (Å²) in [5.41, 5.74) is 11.4. The Bertz CT molecular complexity index is 1660. The minimum atomic E-state index is -4.89. The quantitative estimate of drug-likeness (QED) is 0.0880. The Morgan fingerprint density at radius 1 is 0.933 bits per heavy atom. The van der Waals surface area contributed by atoms with Gasteiger partial charge in [-0.2, -0.15) is 13.2 Å². The van der Waals surface area contributed by atoms with Gasteiger partial charge >= 0.3 is 12.5 Å². The molecule has 0 bridgehead atoms. The van der Waals surface area contributed by atoms with E-state index in [0.717, 1.165) is 41.4 Å². The second kappa shape index (κ2) is 13.4. The highest BCUT2D eigenvalue weighted by molar-refractivity contribution is 5.85. The van der Waals surface area contributed by atoms with Crippen LogP contribution in [0.4, 0.5) is 32.0 Å². The van der Waals surface area contributed by atoms with E-state index in [-0.39, 0.29) is 22.9 Å². The van der Waals surface area contributed by atoms with Crippen LogP contribution in [-0.2, 0) is 16.4 Å². The number of aldehydes is 1. The molecule has 45 heavy (non-hydrogen) atoms. The van der Waals surface area contributed by atoms with Gasteiger partial charge in [0.25, 0.3) is 0 Å². The first kappa shape index (κ1) is 34.7. The van der Waals surface area contributed by atoms with Crippen LogP contribution in [0.5, 0.6) is 5.75 Å². The van der Waals surface area contributed by atoms with Gasteiger partial charge in [-0.05, 0) is 80.9 Å². The summed E-state index contributed by atoms with van der Waals surface area (Å²) in [5.74, 6) is 6.10. The number of nitrogens with two attached hydrogens (primary N) is 3. The van der Waals surface area contributed by atoms with Gasteiger partial charge < -0.3 is 25.6 Å². The second-order valence-electron chi connectivity index (χ2n) is 10.2. The van der Waals surface area contributed by atoms with E-state index in [0.29, 0.717) is 16.7 Å². The molecule has 0 aliphatic heterocycles. The Kier molecular flexibility index (Phi) is 10.4. The summed E-state index contributed by atoms with van der Waals surface area (Å²) in [4.78, 5) is 15.3. The highest BCUT2D eigenvalue weighted by Gasteiger charge is 2.35. The smallest absolute Gasteiger partial charge is 0.406 e. The van der Waals surface area contributed by atoms with Crippen molar-refractivity contribution in [3.05, 3.63) is 102 Å². The van der Waals surface area contributed by atoms with Crippen LogP contribution < -0.4 is 27.1 Å². The van der Waals surface area contributed by atoms with Crippen LogP contribution in [0.1, 0.15) is 36.5 Å². The molecule has 4 rings (SSSR count). The number of hydrogen-bond acceptors (Lipinski definition) is 7. The fraction of sp³-hybridized carbons (Fsp3) is 0.226. The van der Waals surface area contributed by atoms with E-state index in [4.69, 9.17) is 11.6 Å². The van der Waals surface area contributed by atoms with Crippen LogP contribution >= 0.6 is 0 Å². The molecule has 14 heteroatoms. The number of imidazole rings is 1. The Hall–Kier alpha value is -4.82. The summed E-state index contributed by atoms with van der Waals surface area (Å²) in [5, 5.41) is 1.12. The number of anilines is 1. The molecule has 1 aromatic heterocycles. The molecule has 0 aliphatic carbocycles. The summed E-state index contributed by atoms with van der Waals surface area (Å²) >= 11 is 0. The van der Waals surface area contributed by atoms with Gasteiger partial charge in [0.05, 0.1) is 17.1 Å². The lowest BCUT2D eigenvalue weighted by molar-refractivity contribution is -0.274. The number of aromatic nitrogens is 2. The summed E-state index contributed by atoms with van der Waals surface area (Å²) in [6.45, 7) is 4.93. The lowest BCUT2D eigenvalue weighted by Crippen LogP contribution is -2.31. The Labute approximate surface area is 255 Å². The Balaban J connectivity index is 0.00000271. The number of hydrazine groups is 1. The maximum Gasteiger partial charge on any atom is 0.573 e. The van der Waals surface area contributed by atoms with Gasteiger partial charge in [-0.3, -0.25) is 5.01 Å². The van der Waals surface area contributed by atoms with Crippen LogP contribution in [0.3, 0.4) is 0 Å². The summed E-state index contributed by atoms with van der Waals surface area (Å²) in [6.07, 6.45) is -6.81. The lowest BCUT2D eigenvalue weighted by atomic mass is 9.85. The van der Waals surface area contributed by atoms with E-state index in [1.54, 1.807) is 50.2 Å². The van der Waals surface area contributed by atoms with Crippen LogP contribution in [0, 0.1) is 6.92 Å². The van der Waals surface area contributed by atoms with Gasteiger partial charge in [0.15, 0.2) is 5.69 Å². The van der Waals surface area contributed by atoms with E-state index in [1.165, 1.54) is 30.7 Å². The van der Waals surface area contributed by atoms with Crippen molar-refractivity contribution in [3.63, 3.8) is 0 Å². The molecule has 0 saturated heterocycles. The van der Waals surface area contributed by atoms with Crippen LogP contribution in [0.2, 0.25) is 0 Å². The van der Waals surface area contributed by atoms with E-state index in [2.05, 4.69) is 15.5 Å². The third-order valence-corrected chi connectivity index (χ3v) is 6.70. The molecule has 0 saturated carbocycles. The van der Waals surface area contributed by atoms with Gasteiger partial charge in [-0.15, -0.1) is 13.2 Å². The first-order valence-electron chi connectivity index (χ1n) is 13.3. The fourth-order valence-corrected chi connectivity index (χ4v) is 4.39. The zero-order chi connectivity index (χ0) is 33.7. The van der Waals surface area contributed by atoms with Gasteiger partial charge in [-0.25, -0.2) is 10.8 Å². The number of alkyl halides is 6. The first-order valence-corrected chi connectivity index (χ1v) is 13.3. The van der Waals surface area contributed by atoms with Crippen molar-refractivity contribution < 1.29 is 35.9 Å². The molecule has 8 nitrogen and oxygen atoms in total. The third kappa shape index (κ3) is 8.02. The lowest BCUT2D eigenvalue weighted by Gasteiger charge is -2.26. The molecule has 1 heterocycles. The molecular weight excluding hydrogens is 602 g/mol. The van der Waals surface area contributed by atoms with E-state index >= 15 is 0 Å². The summed E-state index contributed by atoms with van der Waals surface area (Å²) < 4.78 is 83.6. The van der Waals surface area contributed by atoms with Crippen molar-refractivity contribution in [3.8, 4) is 22.6 Å². The molecule has 4 aromatic rings. The minimum Gasteiger partial charge on any atom is -0.406 e. The first-order chi connectivity index (χ1) is 21.0. The number of carbonyl (C=O) groups is 1. The molecule has 0 aliphatic rings. The van der Waals surface area contributed by atoms with Crippen LogP contribution in [0.25, 0.3) is 22.5 Å². The molecule has 0 fully saturated rings. The Morgan fingerprint density at radius 3 is 2.09 bits per heavy atom. The molecule has 0 amide bonds. The number of halogens is 6. The highest BCUT2D eigenvalue weighted by atomic mass is 19.4. The molecule has 240 valence electrons. The van der Waals surface area contributed by atoms with Gasteiger partial charge in [0.2, 0.25) is 0 Å². The zero-order valence-corrected chi connectivity index (χ0v) is 24.7. The van der Waals surface area contributed by atoms with E-state index < -0.39 is 29.4 Å². The highest BCUT2D eigenvalue weighted by Crippen LogP contribution is 2.37. The SMILES string of the molecule is CN.Cc1nc(C(F)(F)F)cn1-c1ccc(-c2cccc(C(C)(C)C=O)c2)cc1N(N)/C(=C\N)c1ccc(OC(F)(F)F)cc1. The summed E-state index contributed by atoms with van der Waals surface area (Å²) in [7, 11) is 1.50. The van der Waals surface area contributed by atoms with Crippen LogP contribution in [-0.4, -0.2) is 29.2 Å². The molecule has 0 spiro atoms. The normalized spacial score (nSPS) is 12.3. The standard InChI is InChI=1S/C30H27F6N5O2.CH5N/c1-18-39-27(29(31,32)33)16-40(18)24-12-9-21(20-5-4-6-22(13-20)28(2,3)17-42)14-25(24)41(38)26(15-37)19-7-10-23(11-8-19)43-30(34,35)36;1-2/h4-17H,37-38H2,1-3H3;2H2,1H3/b26-15-;. The largest absolute Gasteiger partial charge is 0.573 e. The molecule has 0 unspecified atom stereocenters. The van der Waals surface area contributed by atoms with Crippen molar-refractivity contribution >= 4 is 17.7 Å². The molecular formula is C31H32F6N6O2. The van der Waals surface area contributed by atoms with Crippen molar-refractivity contribution in [2.45, 2.75) is 38.7 Å². The maximum atomic E-state index is 13.5. The van der Waals surface area contributed by atoms with E-state index in [1.807, 2.05) is 6.07 Å². The van der Waals surface area contributed by atoms with Crippen molar-refractivity contribution in [1.29, 1.82) is 0 Å². The fourth-order valence-electron chi connectivity index (χ4n) is 4.39. The average Bonchev–Trinajstić information content (AvgIpc) is 3.40. The molecule has 0 radical (unpaired) electrons. The maximum absolute atomic E-state index is 13.5. The Morgan fingerprint density at radius 2 is 1.56 bits per heavy atom.